The number of aromatic nitrogens is 7. The molecular formula is C27H24N8O2. The largest absolute Gasteiger partial charge is 0.366 e. The highest BCUT2D eigenvalue weighted by Crippen LogP contribution is 2.34. The van der Waals surface area contributed by atoms with E-state index in [2.05, 4.69) is 32.6 Å². The summed E-state index contributed by atoms with van der Waals surface area (Å²) in [5, 5.41) is 5.25. The van der Waals surface area contributed by atoms with Gasteiger partial charge in [0.25, 0.3) is 0 Å². The molecule has 0 saturated carbocycles. The number of hydrogen-bond donors (Lipinski definition) is 2. The zero-order valence-electron chi connectivity index (χ0n) is 20.6. The van der Waals surface area contributed by atoms with Crippen molar-refractivity contribution in [3.63, 3.8) is 0 Å². The Morgan fingerprint density at radius 2 is 1.86 bits per heavy atom. The summed E-state index contributed by atoms with van der Waals surface area (Å²) >= 11 is 0. The number of rotatable bonds is 5. The molecule has 6 rings (SSSR count). The van der Waals surface area contributed by atoms with E-state index in [0.29, 0.717) is 23.8 Å². The molecule has 10 nitrogen and oxygen atoms in total. The van der Waals surface area contributed by atoms with Crippen LogP contribution >= 0.6 is 0 Å². The summed E-state index contributed by atoms with van der Waals surface area (Å²) in [6.45, 7) is 4.61. The zero-order valence-corrected chi connectivity index (χ0v) is 20.6. The molecule has 0 atom stereocenters. The van der Waals surface area contributed by atoms with E-state index in [1.54, 1.807) is 36.0 Å². The Balaban J connectivity index is 1.47. The molecule has 6 aromatic rings. The van der Waals surface area contributed by atoms with E-state index in [1.807, 2.05) is 37.3 Å². The molecule has 4 aromatic heterocycles. The van der Waals surface area contributed by atoms with Gasteiger partial charge in [0.05, 0.1) is 22.2 Å². The number of pyridine rings is 1. The van der Waals surface area contributed by atoms with Gasteiger partial charge in [-0.05, 0) is 61.9 Å². The summed E-state index contributed by atoms with van der Waals surface area (Å²) < 4.78 is 5.13. The van der Waals surface area contributed by atoms with Crippen molar-refractivity contribution in [2.45, 2.75) is 20.4 Å². The number of amides is 1. The van der Waals surface area contributed by atoms with Gasteiger partial charge < -0.3 is 15.3 Å². The number of H-pyrrole nitrogens is 1. The number of nitrogens with two attached hydrogens (primary N) is 1. The van der Waals surface area contributed by atoms with E-state index < -0.39 is 5.91 Å². The first kappa shape index (κ1) is 22.5. The topological polar surface area (TPSA) is 129 Å². The molecule has 0 aliphatic heterocycles. The van der Waals surface area contributed by atoms with Crippen LogP contribution in [0.25, 0.3) is 50.4 Å². The number of carbonyl (C=O) groups is 1. The van der Waals surface area contributed by atoms with E-state index in [1.165, 1.54) is 4.68 Å². The smallest absolute Gasteiger partial charge is 0.350 e. The number of benzene rings is 2. The Labute approximate surface area is 211 Å². The molecule has 0 unspecified atom stereocenters. The number of primary amides is 1. The average molecular weight is 493 g/mol. The molecule has 2 aromatic carbocycles. The summed E-state index contributed by atoms with van der Waals surface area (Å²) in [5.74, 6) is 0.758. The summed E-state index contributed by atoms with van der Waals surface area (Å²) in [6, 6.07) is 17.1. The van der Waals surface area contributed by atoms with Gasteiger partial charge in [0, 0.05) is 36.4 Å². The third-order valence-electron chi connectivity index (χ3n) is 6.62. The first-order chi connectivity index (χ1) is 17.9. The highest BCUT2D eigenvalue weighted by molar-refractivity contribution is 5.98. The van der Waals surface area contributed by atoms with Gasteiger partial charge in [0.2, 0.25) is 5.91 Å². The van der Waals surface area contributed by atoms with Crippen LogP contribution < -0.4 is 11.4 Å². The second-order valence-corrected chi connectivity index (χ2v) is 8.89. The Kier molecular flexibility index (Phi) is 5.04. The second kappa shape index (κ2) is 8.30. The summed E-state index contributed by atoms with van der Waals surface area (Å²) in [5.41, 5.74) is 11.6. The lowest BCUT2D eigenvalue weighted by molar-refractivity contribution is 0.100. The lowest BCUT2D eigenvalue weighted by Crippen LogP contribution is -2.21. The molecule has 0 saturated heterocycles. The molecular weight excluding hydrogens is 468 g/mol. The number of imidazole rings is 1. The van der Waals surface area contributed by atoms with Gasteiger partial charge in [-0.2, -0.15) is 5.10 Å². The minimum atomic E-state index is -0.489. The number of nitrogens with one attached hydrogen (secondary N) is 1. The fourth-order valence-electron chi connectivity index (χ4n) is 4.90. The lowest BCUT2D eigenvalue weighted by atomic mass is 10.1. The molecule has 184 valence electrons. The monoisotopic (exact) mass is 492 g/mol. The summed E-state index contributed by atoms with van der Waals surface area (Å²) in [7, 11) is 1.64. The fourth-order valence-corrected chi connectivity index (χ4v) is 4.90. The number of nitrogens with zero attached hydrogens (tertiary/aromatic N) is 6. The number of aromatic amines is 1. The van der Waals surface area contributed by atoms with E-state index >= 15 is 0 Å². The van der Waals surface area contributed by atoms with E-state index in [9.17, 15) is 9.59 Å². The predicted octanol–water partition coefficient (Wildman–Crippen LogP) is 3.56. The molecule has 4 heterocycles. The molecule has 0 spiro atoms. The molecule has 10 heteroatoms. The number of aryl methyl sites for hydroxylation is 3. The summed E-state index contributed by atoms with van der Waals surface area (Å²) in [4.78, 5) is 36.8. The van der Waals surface area contributed by atoms with E-state index in [4.69, 9.17) is 10.7 Å². The van der Waals surface area contributed by atoms with Crippen LogP contribution in [0, 0.1) is 6.92 Å². The van der Waals surface area contributed by atoms with E-state index in [-0.39, 0.29) is 5.69 Å². The highest BCUT2D eigenvalue weighted by atomic mass is 16.2. The van der Waals surface area contributed by atoms with Crippen LogP contribution in [0.15, 0.2) is 65.6 Å². The second-order valence-electron chi connectivity index (χ2n) is 8.89. The van der Waals surface area contributed by atoms with Gasteiger partial charge in [-0.1, -0.05) is 12.1 Å². The van der Waals surface area contributed by atoms with Gasteiger partial charge in [-0.3, -0.25) is 9.78 Å². The SMILES string of the molecule is CCn1c(-c2ccc(-n3c(C)nn(C)c3=O)cc2)cc2ccnc(-c3nc4ccc(C(N)=O)cc4[nH]3)c21. The summed E-state index contributed by atoms with van der Waals surface area (Å²) in [6.07, 6.45) is 1.77. The number of carbonyl (C=O) groups excluding carboxylic acids is 1. The maximum Gasteiger partial charge on any atom is 0.350 e. The minimum absolute atomic E-state index is 0.183. The van der Waals surface area contributed by atoms with Crippen molar-refractivity contribution >= 4 is 27.8 Å². The van der Waals surface area contributed by atoms with Gasteiger partial charge in [0.1, 0.15) is 11.5 Å². The number of hydrogen-bond acceptors (Lipinski definition) is 5. The van der Waals surface area contributed by atoms with Crippen molar-refractivity contribution in [1.82, 2.24) is 33.9 Å². The zero-order chi connectivity index (χ0) is 25.8. The normalized spacial score (nSPS) is 11.5. The van der Waals surface area contributed by atoms with E-state index in [0.717, 1.165) is 44.6 Å². The molecule has 3 N–H and O–H groups in total. The quantitative estimate of drug-likeness (QED) is 0.380. The Morgan fingerprint density at radius 3 is 2.54 bits per heavy atom. The standard InChI is InChI=1S/C27H24N8O2/c1-4-34-22(16-5-8-19(9-6-16)35-15(2)32-33(3)27(35)37)14-17-11-12-29-23(24(17)34)26-30-20-10-7-18(25(28)36)13-21(20)31-26/h5-14H,4H2,1-3H3,(H2,28,36)(H,30,31). The average Bonchev–Trinajstić information content (AvgIpc) is 3.56. The Morgan fingerprint density at radius 1 is 1.08 bits per heavy atom. The number of fused-ring (bicyclic) bond motifs is 2. The maximum atomic E-state index is 12.5. The molecule has 37 heavy (non-hydrogen) atoms. The lowest BCUT2D eigenvalue weighted by Gasteiger charge is -2.11. The van der Waals surface area contributed by atoms with Gasteiger partial charge in [0.15, 0.2) is 5.82 Å². The van der Waals surface area contributed by atoms with Crippen molar-refractivity contribution in [3.05, 3.63) is 82.7 Å². The molecule has 0 radical (unpaired) electrons. The van der Waals surface area contributed by atoms with Crippen LogP contribution in [0.5, 0.6) is 0 Å². The van der Waals surface area contributed by atoms with Crippen molar-refractivity contribution in [3.8, 4) is 28.5 Å². The van der Waals surface area contributed by atoms with Crippen molar-refractivity contribution in [2.75, 3.05) is 0 Å². The molecule has 0 aliphatic carbocycles. The third kappa shape index (κ3) is 3.53. The Bertz CT molecular complexity index is 1890. The molecule has 0 fully saturated rings. The van der Waals surface area contributed by atoms with Crippen LogP contribution in [-0.2, 0) is 13.6 Å². The van der Waals surface area contributed by atoms with Gasteiger partial charge in [-0.25, -0.2) is 19.0 Å². The molecule has 0 aliphatic rings. The first-order valence-corrected chi connectivity index (χ1v) is 11.9. The Hall–Kier alpha value is -4.99. The fraction of sp³-hybridized carbons (Fsp3) is 0.148. The van der Waals surface area contributed by atoms with Crippen LogP contribution in [-0.4, -0.2) is 39.8 Å². The molecule has 0 bridgehead atoms. The predicted molar refractivity (Wildman–Crippen MR) is 142 cm³/mol. The van der Waals surface area contributed by atoms with Crippen molar-refractivity contribution in [1.29, 1.82) is 0 Å². The maximum absolute atomic E-state index is 12.5. The molecule has 1 amide bonds. The third-order valence-corrected chi connectivity index (χ3v) is 6.62. The van der Waals surface area contributed by atoms with Crippen LogP contribution in [0.3, 0.4) is 0 Å². The highest BCUT2D eigenvalue weighted by Gasteiger charge is 2.18. The van der Waals surface area contributed by atoms with Crippen LogP contribution in [0.4, 0.5) is 0 Å². The first-order valence-electron chi connectivity index (χ1n) is 11.9. The minimum Gasteiger partial charge on any atom is -0.366 e. The van der Waals surface area contributed by atoms with Crippen molar-refractivity contribution in [2.24, 2.45) is 12.8 Å². The van der Waals surface area contributed by atoms with Gasteiger partial charge in [-0.15, -0.1) is 0 Å². The van der Waals surface area contributed by atoms with Crippen LogP contribution in [0.1, 0.15) is 23.1 Å². The van der Waals surface area contributed by atoms with Gasteiger partial charge >= 0.3 is 5.69 Å². The van der Waals surface area contributed by atoms with Crippen LogP contribution in [0.2, 0.25) is 0 Å². The van der Waals surface area contributed by atoms with Crippen molar-refractivity contribution < 1.29 is 4.79 Å².